The van der Waals surface area contributed by atoms with E-state index in [-0.39, 0.29) is 11.9 Å². The molecule has 0 aliphatic carbocycles. The Hall–Kier alpha value is -3.03. The number of aromatic nitrogens is 2. The van der Waals surface area contributed by atoms with Gasteiger partial charge in [-0.3, -0.25) is 4.79 Å². The SMILES string of the molecule is CNC(=O)c1cccc(CNC(=O)Nc2cnn3c2NCC(C)C3)c1. The van der Waals surface area contributed by atoms with Crippen LogP contribution in [0.15, 0.2) is 30.5 Å². The lowest BCUT2D eigenvalue weighted by atomic mass is 10.1. The molecular weight excluding hydrogens is 320 g/mol. The second-order valence-corrected chi connectivity index (χ2v) is 6.16. The fourth-order valence-electron chi connectivity index (χ4n) is 2.75. The van der Waals surface area contributed by atoms with Gasteiger partial charge in [0.25, 0.3) is 5.91 Å². The van der Waals surface area contributed by atoms with Gasteiger partial charge in [-0.1, -0.05) is 19.1 Å². The van der Waals surface area contributed by atoms with Crippen molar-refractivity contribution in [2.24, 2.45) is 5.92 Å². The monoisotopic (exact) mass is 342 g/mol. The Bertz CT molecular complexity index is 785. The van der Waals surface area contributed by atoms with E-state index in [1.54, 1.807) is 31.4 Å². The smallest absolute Gasteiger partial charge is 0.319 e. The van der Waals surface area contributed by atoms with Crippen molar-refractivity contribution in [2.45, 2.75) is 20.0 Å². The summed E-state index contributed by atoms with van der Waals surface area (Å²) in [5, 5.41) is 15.7. The van der Waals surface area contributed by atoms with Crippen LogP contribution in [0.2, 0.25) is 0 Å². The summed E-state index contributed by atoms with van der Waals surface area (Å²) in [5.41, 5.74) is 2.06. The lowest BCUT2D eigenvalue weighted by molar-refractivity contribution is 0.0963. The maximum Gasteiger partial charge on any atom is 0.319 e. The van der Waals surface area contributed by atoms with E-state index in [0.717, 1.165) is 24.5 Å². The van der Waals surface area contributed by atoms with Crippen molar-refractivity contribution in [1.82, 2.24) is 20.4 Å². The molecule has 0 bridgehead atoms. The zero-order valence-electron chi connectivity index (χ0n) is 14.3. The van der Waals surface area contributed by atoms with Crippen molar-refractivity contribution in [3.05, 3.63) is 41.6 Å². The number of amides is 3. The number of carbonyl (C=O) groups is 2. The molecule has 2 heterocycles. The molecule has 1 aliphatic rings. The van der Waals surface area contributed by atoms with Gasteiger partial charge in [-0.2, -0.15) is 5.10 Å². The highest BCUT2D eigenvalue weighted by Crippen LogP contribution is 2.25. The van der Waals surface area contributed by atoms with Crippen LogP contribution in [-0.2, 0) is 13.1 Å². The number of fused-ring (bicyclic) bond motifs is 1. The van der Waals surface area contributed by atoms with Gasteiger partial charge in [0.1, 0.15) is 11.5 Å². The third-order valence-corrected chi connectivity index (χ3v) is 4.06. The number of benzene rings is 1. The minimum absolute atomic E-state index is 0.155. The quantitative estimate of drug-likeness (QED) is 0.678. The molecule has 0 radical (unpaired) electrons. The van der Waals surface area contributed by atoms with E-state index in [1.165, 1.54) is 0 Å². The summed E-state index contributed by atoms with van der Waals surface area (Å²) in [6.45, 7) is 4.15. The molecular formula is C17H22N6O2. The normalized spacial score (nSPS) is 15.7. The molecule has 4 N–H and O–H groups in total. The number of rotatable bonds is 4. The van der Waals surface area contributed by atoms with E-state index < -0.39 is 0 Å². The van der Waals surface area contributed by atoms with Gasteiger partial charge < -0.3 is 21.3 Å². The topological polar surface area (TPSA) is 100 Å². The first-order valence-electron chi connectivity index (χ1n) is 8.22. The van der Waals surface area contributed by atoms with Gasteiger partial charge in [0.05, 0.1) is 6.20 Å². The summed E-state index contributed by atoms with van der Waals surface area (Å²) in [6, 6.07) is 6.82. The third kappa shape index (κ3) is 3.90. The van der Waals surface area contributed by atoms with E-state index >= 15 is 0 Å². The van der Waals surface area contributed by atoms with Gasteiger partial charge in [0.15, 0.2) is 0 Å². The summed E-state index contributed by atoms with van der Waals surface area (Å²) in [6.07, 6.45) is 1.65. The van der Waals surface area contributed by atoms with E-state index in [0.29, 0.717) is 23.7 Å². The van der Waals surface area contributed by atoms with Crippen molar-refractivity contribution in [3.8, 4) is 0 Å². The zero-order chi connectivity index (χ0) is 17.8. The Balaban J connectivity index is 1.58. The molecule has 8 nitrogen and oxygen atoms in total. The number of nitrogens with one attached hydrogen (secondary N) is 4. The first kappa shape index (κ1) is 16.8. The van der Waals surface area contributed by atoms with Crippen LogP contribution < -0.4 is 21.3 Å². The fourth-order valence-corrected chi connectivity index (χ4v) is 2.75. The summed E-state index contributed by atoms with van der Waals surface area (Å²) >= 11 is 0. The second-order valence-electron chi connectivity index (χ2n) is 6.16. The van der Waals surface area contributed by atoms with Gasteiger partial charge in [-0.25, -0.2) is 9.48 Å². The minimum Gasteiger partial charge on any atom is -0.368 e. The fraction of sp³-hybridized carbons (Fsp3) is 0.353. The molecule has 1 atom stereocenters. The molecule has 1 aromatic carbocycles. The number of hydrogen-bond acceptors (Lipinski definition) is 4. The molecule has 0 saturated heterocycles. The third-order valence-electron chi connectivity index (χ3n) is 4.06. The Kier molecular flexibility index (Phi) is 4.87. The predicted octanol–water partition coefficient (Wildman–Crippen LogP) is 1.63. The van der Waals surface area contributed by atoms with Crippen molar-refractivity contribution in [2.75, 3.05) is 24.2 Å². The van der Waals surface area contributed by atoms with Crippen molar-refractivity contribution in [1.29, 1.82) is 0 Å². The molecule has 1 unspecified atom stereocenters. The molecule has 25 heavy (non-hydrogen) atoms. The van der Waals surface area contributed by atoms with Crippen LogP contribution in [0, 0.1) is 5.92 Å². The van der Waals surface area contributed by atoms with Crippen molar-refractivity contribution in [3.63, 3.8) is 0 Å². The highest BCUT2D eigenvalue weighted by atomic mass is 16.2. The largest absolute Gasteiger partial charge is 0.368 e. The van der Waals surface area contributed by atoms with Crippen LogP contribution in [0.3, 0.4) is 0 Å². The van der Waals surface area contributed by atoms with Gasteiger partial charge in [-0.05, 0) is 23.6 Å². The highest BCUT2D eigenvalue weighted by Gasteiger charge is 2.19. The Morgan fingerprint density at radius 1 is 1.40 bits per heavy atom. The maximum absolute atomic E-state index is 12.1. The van der Waals surface area contributed by atoms with E-state index in [1.807, 2.05) is 10.7 Å². The number of urea groups is 1. The highest BCUT2D eigenvalue weighted by molar-refractivity contribution is 5.94. The summed E-state index contributed by atoms with van der Waals surface area (Å²) in [5.74, 6) is 1.18. The van der Waals surface area contributed by atoms with Gasteiger partial charge >= 0.3 is 6.03 Å². The summed E-state index contributed by atoms with van der Waals surface area (Å²) < 4.78 is 1.86. The molecule has 0 saturated carbocycles. The average Bonchev–Trinajstić information content (AvgIpc) is 3.01. The molecule has 0 fully saturated rings. The second kappa shape index (κ2) is 7.25. The summed E-state index contributed by atoms with van der Waals surface area (Å²) in [7, 11) is 1.59. The van der Waals surface area contributed by atoms with Gasteiger partial charge in [0, 0.05) is 32.2 Å². The van der Waals surface area contributed by atoms with E-state index in [9.17, 15) is 9.59 Å². The first-order chi connectivity index (χ1) is 12.1. The van der Waals surface area contributed by atoms with Gasteiger partial charge in [-0.15, -0.1) is 0 Å². The van der Waals surface area contributed by atoms with Crippen molar-refractivity contribution >= 4 is 23.4 Å². The van der Waals surface area contributed by atoms with Crippen LogP contribution in [0.1, 0.15) is 22.8 Å². The standard InChI is InChI=1S/C17H22N6O2/c1-11-7-19-15-14(9-21-23(15)10-11)22-17(25)20-8-12-4-3-5-13(6-12)16(24)18-2/h3-6,9,11,19H,7-8,10H2,1-2H3,(H,18,24)(H2,20,22,25). The molecule has 0 spiro atoms. The molecule has 3 rings (SSSR count). The van der Waals surface area contributed by atoms with Crippen LogP contribution in [0.4, 0.5) is 16.3 Å². The lowest BCUT2D eigenvalue weighted by Crippen LogP contribution is -2.30. The number of anilines is 2. The lowest BCUT2D eigenvalue weighted by Gasteiger charge is -2.22. The number of carbonyl (C=O) groups excluding carboxylic acids is 2. The van der Waals surface area contributed by atoms with Crippen LogP contribution >= 0.6 is 0 Å². The molecule has 8 heteroatoms. The number of hydrogen-bond donors (Lipinski definition) is 4. The molecule has 2 aromatic rings. The zero-order valence-corrected chi connectivity index (χ0v) is 14.3. The van der Waals surface area contributed by atoms with Gasteiger partial charge in [0.2, 0.25) is 0 Å². The van der Waals surface area contributed by atoms with Crippen LogP contribution in [0.25, 0.3) is 0 Å². The molecule has 132 valence electrons. The molecule has 3 amide bonds. The molecule has 1 aromatic heterocycles. The Morgan fingerprint density at radius 3 is 3.04 bits per heavy atom. The Labute approximate surface area is 146 Å². The number of nitrogens with zero attached hydrogens (tertiary/aromatic N) is 2. The van der Waals surface area contributed by atoms with Crippen molar-refractivity contribution < 1.29 is 9.59 Å². The minimum atomic E-state index is -0.318. The predicted molar refractivity (Wildman–Crippen MR) is 95.6 cm³/mol. The van der Waals surface area contributed by atoms with Crippen LogP contribution in [0.5, 0.6) is 0 Å². The average molecular weight is 342 g/mol. The van der Waals surface area contributed by atoms with E-state index in [4.69, 9.17) is 0 Å². The summed E-state index contributed by atoms with van der Waals surface area (Å²) in [4.78, 5) is 23.8. The molecule has 1 aliphatic heterocycles. The first-order valence-corrected chi connectivity index (χ1v) is 8.22. The Morgan fingerprint density at radius 2 is 2.24 bits per heavy atom. The van der Waals surface area contributed by atoms with Crippen LogP contribution in [-0.4, -0.2) is 35.3 Å². The maximum atomic E-state index is 12.1. The van der Waals surface area contributed by atoms with E-state index in [2.05, 4.69) is 33.3 Å².